The first kappa shape index (κ1) is 9.52. The molecule has 0 spiro atoms. The van der Waals surface area contributed by atoms with E-state index in [1.54, 1.807) is 0 Å². The monoisotopic (exact) mass is 147 g/mol. The van der Waals surface area contributed by atoms with Gasteiger partial charge in [0.25, 0.3) is 7.13 Å². The van der Waals surface area contributed by atoms with E-state index < -0.39 is 0 Å². The van der Waals surface area contributed by atoms with Crippen LogP contribution in [0.25, 0.3) is 0 Å². The molecule has 0 N–H and O–H groups in total. The maximum atomic E-state index is 2.48. The molecular weight excluding hydrogens is 127 g/mol. The van der Waals surface area contributed by atoms with Crippen LogP contribution < -0.4 is 0 Å². The summed E-state index contributed by atoms with van der Waals surface area (Å²) >= 11 is 0. The van der Waals surface area contributed by atoms with E-state index in [0.717, 1.165) is 0 Å². The lowest BCUT2D eigenvalue weighted by molar-refractivity contribution is -0.644. The Morgan fingerprint density at radius 3 is 1.56 bits per heavy atom. The van der Waals surface area contributed by atoms with Gasteiger partial charge in [0.2, 0.25) is 0 Å². The first-order chi connectivity index (χ1) is 3.71. The highest BCUT2D eigenvalue weighted by atomic mass is 31.2. The van der Waals surface area contributed by atoms with E-state index in [4.69, 9.17) is 0 Å². The number of hydrogen-bond acceptors (Lipinski definition) is 0. The van der Waals surface area contributed by atoms with E-state index in [1.807, 2.05) is 0 Å². The molecule has 0 aromatic carbocycles. The van der Waals surface area contributed by atoms with Crippen molar-refractivity contribution < 1.29 is 4.31 Å². The number of hydrogen-bond donors (Lipinski definition) is 0. The number of rotatable bonds is 2. The van der Waals surface area contributed by atoms with Crippen molar-refractivity contribution in [1.82, 2.24) is 0 Å². The Balaban J connectivity index is 3.75. The Kier molecular flexibility index (Phi) is 2.79. The van der Waals surface area contributed by atoms with E-state index in [1.165, 1.54) is 4.31 Å². The fourth-order valence-electron chi connectivity index (χ4n) is 1.20. The van der Waals surface area contributed by atoms with Crippen LogP contribution in [0.3, 0.4) is 0 Å². The zero-order chi connectivity index (χ0) is 7.71. The summed E-state index contributed by atoms with van der Waals surface area (Å²) in [6.45, 7) is 7.44. The minimum Gasteiger partial charge on any atom is -0.703 e. The standard InChI is InChI=1S/C5H20B2NP/c1-8(2,6)7-9(3,4)5/h7H2,1-6H3. The molecule has 0 unspecified atom stereocenters. The van der Waals surface area contributed by atoms with Crippen LogP contribution >= 0.6 is 7.14 Å². The smallest absolute Gasteiger partial charge is 0.295 e. The Morgan fingerprint density at radius 1 is 1.22 bits per heavy atom. The second-order valence-electron chi connectivity index (χ2n) is 4.22. The van der Waals surface area contributed by atoms with Gasteiger partial charge in [-0.1, -0.05) is 0 Å². The molecule has 0 atom stereocenters. The zero-order valence-corrected chi connectivity index (χ0v) is 7.79. The molecule has 0 heterocycles. The lowest BCUT2D eigenvalue weighted by Gasteiger charge is -2.45. The third kappa shape index (κ3) is 8.52. The molecule has 1 nitrogen and oxygen atoms in total. The highest BCUT2D eigenvalue weighted by molar-refractivity contribution is 7.98. The second-order valence-corrected chi connectivity index (χ2v) is 9.99. The van der Waals surface area contributed by atoms with Crippen molar-refractivity contribution in [3.8, 4) is 0 Å². The van der Waals surface area contributed by atoms with Gasteiger partial charge in [0.15, 0.2) is 0 Å². The summed E-state index contributed by atoms with van der Waals surface area (Å²) < 4.78 is 1.48. The fourth-order valence-corrected chi connectivity index (χ4v) is 3.60. The average Bonchev–Trinajstić information content (AvgIpc) is 1.14. The summed E-state index contributed by atoms with van der Waals surface area (Å²) in [5, 5.41) is 0. The Bertz CT molecular complexity index is 80.1. The largest absolute Gasteiger partial charge is 0.703 e. The van der Waals surface area contributed by atoms with Crippen LogP contribution in [0.15, 0.2) is 0 Å². The molecule has 0 saturated heterocycles. The number of nitrogens with zero attached hydrogens (tertiary/aromatic N) is 1. The van der Waals surface area contributed by atoms with Crippen molar-refractivity contribution in [3.05, 3.63) is 0 Å². The Labute approximate surface area is 61.4 Å². The molecular formula is C5H20B2NP. The van der Waals surface area contributed by atoms with Crippen molar-refractivity contribution >= 4 is 22.3 Å². The van der Waals surface area contributed by atoms with Crippen LogP contribution in [0.1, 0.15) is 0 Å². The third-order valence-corrected chi connectivity index (χ3v) is 3.00. The van der Waals surface area contributed by atoms with Gasteiger partial charge in [-0.3, -0.25) is 0 Å². The average molecular weight is 147 g/mol. The Morgan fingerprint density at radius 2 is 1.56 bits per heavy atom. The van der Waals surface area contributed by atoms with Gasteiger partial charge < -0.3 is 4.31 Å². The molecule has 0 aliphatic rings. The summed E-state index contributed by atoms with van der Waals surface area (Å²) in [6, 6.07) is 0. The molecule has 0 rings (SSSR count). The summed E-state index contributed by atoms with van der Waals surface area (Å²) in [7, 11) is 5.38. The molecule has 0 aromatic rings. The summed E-state index contributed by atoms with van der Waals surface area (Å²) in [5.41, 5.74) is 0. The number of quaternary nitrogens is 1. The van der Waals surface area contributed by atoms with Crippen LogP contribution in [0.4, 0.5) is 0 Å². The maximum absolute atomic E-state index is 2.48. The molecule has 9 heavy (non-hydrogen) atoms. The van der Waals surface area contributed by atoms with E-state index in [9.17, 15) is 0 Å². The lowest BCUT2D eigenvalue weighted by atomic mass is 10.1. The highest BCUT2D eigenvalue weighted by Gasteiger charge is 2.16. The molecule has 0 aliphatic carbocycles. The van der Waals surface area contributed by atoms with Gasteiger partial charge in [0, 0.05) is 20.0 Å². The highest BCUT2D eigenvalue weighted by Crippen LogP contribution is 2.45. The molecule has 0 aliphatic heterocycles. The van der Waals surface area contributed by atoms with Crippen LogP contribution in [-0.2, 0) is 0 Å². The van der Waals surface area contributed by atoms with Crippen molar-refractivity contribution in [1.29, 1.82) is 0 Å². The summed E-state index contributed by atoms with van der Waals surface area (Å²) in [4.78, 5) is 0. The van der Waals surface area contributed by atoms with Gasteiger partial charge in [0.05, 0.1) is 0 Å². The SMILES string of the molecule is [BH3-][N+](C)(C)[BH2-][P+](C)(C)C. The quantitative estimate of drug-likeness (QED) is 0.356. The molecule has 0 saturated carbocycles. The summed E-state index contributed by atoms with van der Waals surface area (Å²) in [5.74, 6) is 0. The predicted molar refractivity (Wildman–Crippen MR) is 55.3 cm³/mol. The molecule has 0 bridgehead atoms. The molecule has 4 heteroatoms. The first-order valence-electron chi connectivity index (χ1n) is 3.13. The van der Waals surface area contributed by atoms with Gasteiger partial charge in [-0.15, -0.1) is 7.14 Å². The predicted octanol–water partition coefficient (Wildman–Crippen LogP) is -0.751. The van der Waals surface area contributed by atoms with Crippen molar-refractivity contribution in [2.24, 2.45) is 0 Å². The first-order valence-corrected chi connectivity index (χ1v) is 6.71. The van der Waals surface area contributed by atoms with Crippen molar-refractivity contribution in [2.45, 2.75) is 0 Å². The van der Waals surface area contributed by atoms with E-state index in [0.29, 0.717) is 15.1 Å². The Hall–Kier alpha value is 0.520. The molecule has 0 radical (unpaired) electrons. The second kappa shape index (κ2) is 2.64. The minimum atomic E-state index is -0.378. The van der Waals surface area contributed by atoms with Gasteiger partial charge >= 0.3 is 0 Å². The zero-order valence-electron chi connectivity index (χ0n) is 6.89. The van der Waals surface area contributed by atoms with E-state index in [2.05, 4.69) is 34.1 Å². The van der Waals surface area contributed by atoms with Crippen LogP contribution in [0, 0.1) is 0 Å². The normalized spacial score (nSPS) is 14.0. The van der Waals surface area contributed by atoms with Crippen LogP contribution in [0.5, 0.6) is 0 Å². The van der Waals surface area contributed by atoms with E-state index >= 15 is 0 Å². The summed E-state index contributed by atoms with van der Waals surface area (Å²) in [6.07, 6.45) is 0. The van der Waals surface area contributed by atoms with Crippen LogP contribution in [-0.4, -0.2) is 53.5 Å². The van der Waals surface area contributed by atoms with Crippen LogP contribution in [0.2, 0.25) is 0 Å². The molecule has 0 aromatic heterocycles. The lowest BCUT2D eigenvalue weighted by Crippen LogP contribution is -2.41. The molecule has 0 amide bonds. The van der Waals surface area contributed by atoms with Crippen molar-refractivity contribution in [3.63, 3.8) is 0 Å². The minimum absolute atomic E-state index is 0.368. The van der Waals surface area contributed by atoms with Crippen molar-refractivity contribution in [2.75, 3.05) is 34.1 Å². The van der Waals surface area contributed by atoms with Gasteiger partial charge in [-0.25, -0.2) is 0 Å². The van der Waals surface area contributed by atoms with Gasteiger partial charge in [0.1, 0.15) is 7.98 Å². The van der Waals surface area contributed by atoms with E-state index in [-0.39, 0.29) is 7.14 Å². The molecule has 0 fully saturated rings. The fraction of sp³-hybridized carbons (Fsp3) is 1.00. The topological polar surface area (TPSA) is 0 Å². The van der Waals surface area contributed by atoms with Gasteiger partial charge in [-0.2, -0.15) is 0 Å². The maximum Gasteiger partial charge on any atom is 0.295 e. The molecule has 56 valence electrons. The third-order valence-electron chi connectivity index (χ3n) is 1.000. The van der Waals surface area contributed by atoms with Gasteiger partial charge in [-0.05, 0) is 14.1 Å².